The summed E-state index contributed by atoms with van der Waals surface area (Å²) in [7, 11) is -4.36. The van der Waals surface area contributed by atoms with Crippen molar-refractivity contribution in [2.75, 3.05) is 0 Å². The van der Waals surface area contributed by atoms with Crippen molar-refractivity contribution in [3.8, 4) is 5.75 Å². The molecule has 0 spiro atoms. The van der Waals surface area contributed by atoms with Gasteiger partial charge in [-0.15, -0.1) is 0 Å². The number of nitrogens with zero attached hydrogens (tertiary/aromatic N) is 1. The predicted molar refractivity (Wildman–Crippen MR) is 45.7 cm³/mol. The average Bonchev–Trinajstić information content (AvgIpc) is 2.07. The lowest BCUT2D eigenvalue weighted by atomic mass is 10.3. The predicted octanol–water partition coefficient (Wildman–Crippen LogP) is 0.606. The molecule has 0 saturated carbocycles. The highest BCUT2D eigenvalue weighted by molar-refractivity contribution is 7.85. The smallest absolute Gasteiger partial charge is 0.294 e. The zero-order chi connectivity index (χ0) is 10.8. The number of rotatable bonds is 2. The Balaban J connectivity index is 3.41. The second-order valence-corrected chi connectivity index (χ2v) is 3.75. The maximum absolute atomic E-state index is 10.6. The van der Waals surface area contributed by atoms with Crippen molar-refractivity contribution in [3.63, 3.8) is 0 Å². The molecule has 0 aromatic heterocycles. The van der Waals surface area contributed by atoms with Gasteiger partial charge in [0.2, 0.25) is 6.08 Å². The summed E-state index contributed by atoms with van der Waals surface area (Å²) in [5, 5.41) is 9.08. The van der Waals surface area contributed by atoms with Crippen molar-refractivity contribution in [1.29, 1.82) is 0 Å². The number of aromatic hydroxyl groups is 1. The van der Waals surface area contributed by atoms with Gasteiger partial charge in [0.25, 0.3) is 10.1 Å². The molecule has 0 atom stereocenters. The molecule has 0 unspecified atom stereocenters. The topological polar surface area (TPSA) is 104 Å². The molecule has 1 rings (SSSR count). The van der Waals surface area contributed by atoms with Crippen LogP contribution in [0.4, 0.5) is 5.69 Å². The molecular weight excluding hydrogens is 210 g/mol. The van der Waals surface area contributed by atoms with E-state index in [-0.39, 0.29) is 11.4 Å². The number of hydrogen-bond acceptors (Lipinski definition) is 5. The van der Waals surface area contributed by atoms with E-state index in [9.17, 15) is 13.2 Å². The molecule has 14 heavy (non-hydrogen) atoms. The number of phenolic OH excluding ortho intramolecular Hbond substituents is 1. The lowest BCUT2D eigenvalue weighted by molar-refractivity contribution is 0.473. The van der Waals surface area contributed by atoms with Crippen molar-refractivity contribution in [3.05, 3.63) is 18.2 Å². The van der Waals surface area contributed by atoms with E-state index < -0.39 is 15.0 Å². The van der Waals surface area contributed by atoms with Crippen molar-refractivity contribution in [2.45, 2.75) is 4.90 Å². The Hall–Kier alpha value is -1.69. The quantitative estimate of drug-likeness (QED) is 0.427. The number of aliphatic imine (C=N–C) groups is 1. The molecule has 0 bridgehead atoms. The Bertz CT molecular complexity index is 501. The van der Waals surface area contributed by atoms with Crippen molar-refractivity contribution in [2.24, 2.45) is 4.99 Å². The molecular formula is C7H5NO5S. The number of isocyanates is 1. The van der Waals surface area contributed by atoms with Gasteiger partial charge in [0.15, 0.2) is 0 Å². The van der Waals surface area contributed by atoms with E-state index in [2.05, 4.69) is 4.99 Å². The highest BCUT2D eigenvalue weighted by atomic mass is 32.2. The standard InChI is InChI=1S/C7H5NO5S/c9-4-8-6-3-5(14(11,12)13)1-2-7(6)10/h1-3,10H,(H,11,12,13). The van der Waals surface area contributed by atoms with Crippen LogP contribution in [0, 0.1) is 0 Å². The first kappa shape index (κ1) is 10.4. The summed E-state index contributed by atoms with van der Waals surface area (Å²) in [6.45, 7) is 0. The fourth-order valence-electron chi connectivity index (χ4n) is 0.802. The lowest BCUT2D eigenvalue weighted by Crippen LogP contribution is -1.96. The molecule has 6 nitrogen and oxygen atoms in total. The van der Waals surface area contributed by atoms with Crippen molar-refractivity contribution in [1.82, 2.24) is 0 Å². The maximum Gasteiger partial charge on any atom is 0.294 e. The lowest BCUT2D eigenvalue weighted by Gasteiger charge is -1.99. The minimum absolute atomic E-state index is 0.268. The van der Waals surface area contributed by atoms with Crippen LogP contribution >= 0.6 is 0 Å². The molecule has 74 valence electrons. The summed E-state index contributed by atoms with van der Waals surface area (Å²) in [5.41, 5.74) is -0.268. The van der Waals surface area contributed by atoms with E-state index in [4.69, 9.17) is 9.66 Å². The Morgan fingerprint density at radius 2 is 2.00 bits per heavy atom. The van der Waals surface area contributed by atoms with Crippen molar-refractivity contribution >= 4 is 21.9 Å². The summed E-state index contributed by atoms with van der Waals surface area (Å²) in [6.07, 6.45) is 1.14. The van der Waals surface area contributed by atoms with E-state index in [1.807, 2.05) is 0 Å². The Morgan fingerprint density at radius 3 is 2.50 bits per heavy atom. The third-order valence-electron chi connectivity index (χ3n) is 1.41. The Morgan fingerprint density at radius 1 is 1.36 bits per heavy atom. The minimum Gasteiger partial charge on any atom is -0.506 e. The van der Waals surface area contributed by atoms with Crippen LogP contribution in [0.1, 0.15) is 0 Å². The first-order valence-electron chi connectivity index (χ1n) is 3.33. The van der Waals surface area contributed by atoms with Crippen LogP contribution in [0.5, 0.6) is 5.75 Å². The van der Waals surface area contributed by atoms with Crippen LogP contribution in [0.15, 0.2) is 28.1 Å². The van der Waals surface area contributed by atoms with Crippen LogP contribution in [0.25, 0.3) is 0 Å². The van der Waals surface area contributed by atoms with Crippen LogP contribution in [0.2, 0.25) is 0 Å². The van der Waals surface area contributed by atoms with Gasteiger partial charge in [-0.1, -0.05) is 0 Å². The molecule has 0 amide bonds. The average molecular weight is 215 g/mol. The zero-order valence-electron chi connectivity index (χ0n) is 6.71. The number of hydrogen-bond donors (Lipinski definition) is 2. The van der Waals surface area contributed by atoms with Crippen LogP contribution in [-0.4, -0.2) is 24.2 Å². The van der Waals surface area contributed by atoms with Gasteiger partial charge in [0.1, 0.15) is 11.4 Å². The van der Waals surface area contributed by atoms with Gasteiger partial charge in [-0.3, -0.25) is 4.55 Å². The third kappa shape index (κ3) is 2.17. The van der Waals surface area contributed by atoms with Gasteiger partial charge in [-0.25, -0.2) is 4.79 Å². The highest BCUT2D eigenvalue weighted by Crippen LogP contribution is 2.28. The number of phenols is 1. The third-order valence-corrected chi connectivity index (χ3v) is 2.26. The summed E-state index contributed by atoms with van der Waals surface area (Å²) in [6, 6.07) is 2.84. The molecule has 0 saturated heterocycles. The monoisotopic (exact) mass is 215 g/mol. The molecule has 0 aliphatic heterocycles. The molecule has 0 aliphatic rings. The summed E-state index contributed by atoms with van der Waals surface area (Å²) >= 11 is 0. The molecule has 0 aliphatic carbocycles. The fourth-order valence-corrected chi connectivity index (χ4v) is 1.30. The second-order valence-electron chi connectivity index (χ2n) is 2.33. The van der Waals surface area contributed by atoms with Gasteiger partial charge in [0.05, 0.1) is 4.90 Å². The molecule has 7 heteroatoms. The zero-order valence-corrected chi connectivity index (χ0v) is 7.52. The van der Waals surface area contributed by atoms with Crippen LogP contribution < -0.4 is 0 Å². The summed E-state index contributed by atoms with van der Waals surface area (Å²) in [5.74, 6) is -0.374. The Labute approximate surface area is 79.3 Å². The van der Waals surface area contributed by atoms with Gasteiger partial charge in [0, 0.05) is 0 Å². The van der Waals surface area contributed by atoms with E-state index >= 15 is 0 Å². The molecule has 0 radical (unpaired) electrons. The maximum atomic E-state index is 10.6. The molecule has 1 aromatic rings. The normalized spacial score (nSPS) is 10.6. The fraction of sp³-hybridized carbons (Fsp3) is 0. The van der Waals surface area contributed by atoms with Crippen molar-refractivity contribution < 1.29 is 22.9 Å². The first-order valence-corrected chi connectivity index (χ1v) is 4.77. The van der Waals surface area contributed by atoms with Gasteiger partial charge < -0.3 is 5.11 Å². The van der Waals surface area contributed by atoms with Crippen LogP contribution in [0.3, 0.4) is 0 Å². The van der Waals surface area contributed by atoms with E-state index in [0.717, 1.165) is 24.3 Å². The Kier molecular flexibility index (Phi) is 2.66. The van der Waals surface area contributed by atoms with E-state index in [1.54, 1.807) is 0 Å². The largest absolute Gasteiger partial charge is 0.506 e. The second kappa shape index (κ2) is 3.59. The SMILES string of the molecule is O=C=Nc1cc(S(=O)(=O)O)ccc1O. The van der Waals surface area contributed by atoms with Gasteiger partial charge in [-0.2, -0.15) is 13.4 Å². The molecule has 2 N–H and O–H groups in total. The first-order chi connectivity index (χ1) is 6.45. The van der Waals surface area contributed by atoms with Gasteiger partial charge in [-0.05, 0) is 18.2 Å². The minimum atomic E-state index is -4.36. The number of carbonyl (C=O) groups excluding carboxylic acids is 1. The number of benzene rings is 1. The van der Waals surface area contributed by atoms with E-state index in [1.165, 1.54) is 0 Å². The summed E-state index contributed by atoms with van der Waals surface area (Å²) < 4.78 is 29.9. The van der Waals surface area contributed by atoms with E-state index in [0.29, 0.717) is 0 Å². The molecule has 0 fully saturated rings. The summed E-state index contributed by atoms with van der Waals surface area (Å²) in [4.78, 5) is 12.5. The molecule has 1 aromatic carbocycles. The van der Waals surface area contributed by atoms with Gasteiger partial charge >= 0.3 is 0 Å². The van der Waals surface area contributed by atoms with Crippen LogP contribution in [-0.2, 0) is 14.9 Å². The molecule has 0 heterocycles. The highest BCUT2D eigenvalue weighted by Gasteiger charge is 2.11.